The number of ether oxygens (including phenoxy) is 1. The van der Waals surface area contributed by atoms with Gasteiger partial charge in [0.1, 0.15) is 0 Å². The van der Waals surface area contributed by atoms with Crippen molar-refractivity contribution < 1.29 is 9.53 Å². The van der Waals surface area contributed by atoms with E-state index in [-0.39, 0.29) is 5.97 Å². The van der Waals surface area contributed by atoms with Gasteiger partial charge in [-0.2, -0.15) is 0 Å². The second kappa shape index (κ2) is 5.33. The Morgan fingerprint density at radius 3 is 2.87 bits per heavy atom. The predicted molar refractivity (Wildman–Crippen MR) is 55.0 cm³/mol. The fraction of sp³-hybridized carbons (Fsp3) is 0.667. The molecule has 84 valence electrons. The lowest BCUT2D eigenvalue weighted by Gasteiger charge is -2.13. The second-order valence-electron chi connectivity index (χ2n) is 3.18. The third-order valence-corrected chi connectivity index (χ3v) is 1.97. The van der Waals surface area contributed by atoms with Crippen LogP contribution in [0, 0.1) is 0 Å². The van der Waals surface area contributed by atoms with E-state index in [1.807, 2.05) is 6.92 Å². The van der Waals surface area contributed by atoms with Crippen LogP contribution in [0.25, 0.3) is 0 Å². The van der Waals surface area contributed by atoms with Crippen molar-refractivity contribution in [3.05, 3.63) is 6.20 Å². The molecule has 0 bridgehead atoms. The van der Waals surface area contributed by atoms with Gasteiger partial charge in [-0.15, -0.1) is 5.10 Å². The van der Waals surface area contributed by atoms with E-state index in [1.54, 1.807) is 6.92 Å². The highest BCUT2D eigenvalue weighted by Crippen LogP contribution is 2.15. The van der Waals surface area contributed by atoms with E-state index < -0.39 is 6.04 Å². The molecule has 2 N–H and O–H groups in total. The molecule has 0 radical (unpaired) electrons. The van der Waals surface area contributed by atoms with Gasteiger partial charge in [0.25, 0.3) is 0 Å². The Labute approximate surface area is 88.4 Å². The van der Waals surface area contributed by atoms with Gasteiger partial charge < -0.3 is 10.5 Å². The molecule has 0 aliphatic heterocycles. The zero-order chi connectivity index (χ0) is 11.3. The highest BCUT2D eigenvalue weighted by Gasteiger charge is 2.21. The van der Waals surface area contributed by atoms with Crippen molar-refractivity contribution in [1.82, 2.24) is 15.0 Å². The summed E-state index contributed by atoms with van der Waals surface area (Å²) in [5.74, 6) is 0.0182. The van der Waals surface area contributed by atoms with Crippen LogP contribution in [0.2, 0.25) is 0 Å². The molecule has 6 nitrogen and oxygen atoms in total. The zero-order valence-corrected chi connectivity index (χ0v) is 9.01. The molecule has 1 unspecified atom stereocenters. The first-order valence-corrected chi connectivity index (χ1v) is 5.03. The first kappa shape index (κ1) is 11.5. The molecule has 0 aromatic carbocycles. The first-order valence-electron chi connectivity index (χ1n) is 5.03. The maximum absolute atomic E-state index is 11.6. The summed E-state index contributed by atoms with van der Waals surface area (Å²) in [7, 11) is 0. The van der Waals surface area contributed by atoms with Crippen LogP contribution in [0.1, 0.15) is 32.7 Å². The van der Waals surface area contributed by atoms with Gasteiger partial charge in [0.15, 0.2) is 11.9 Å². The fourth-order valence-corrected chi connectivity index (χ4v) is 1.31. The van der Waals surface area contributed by atoms with Crippen LogP contribution in [0.4, 0.5) is 5.82 Å². The third-order valence-electron chi connectivity index (χ3n) is 1.97. The van der Waals surface area contributed by atoms with Crippen LogP contribution < -0.4 is 5.73 Å². The highest BCUT2D eigenvalue weighted by atomic mass is 16.5. The number of carbonyl (C=O) groups is 1. The Bertz CT molecular complexity index is 324. The van der Waals surface area contributed by atoms with Crippen molar-refractivity contribution >= 4 is 11.8 Å². The van der Waals surface area contributed by atoms with Crippen LogP contribution in [0.3, 0.4) is 0 Å². The molecule has 1 aromatic rings. The normalized spacial score (nSPS) is 12.4. The quantitative estimate of drug-likeness (QED) is 0.729. The van der Waals surface area contributed by atoms with Gasteiger partial charge >= 0.3 is 5.97 Å². The summed E-state index contributed by atoms with van der Waals surface area (Å²) in [6.45, 7) is 4.13. The van der Waals surface area contributed by atoms with Gasteiger partial charge in [-0.25, -0.2) is 9.48 Å². The number of rotatable bonds is 5. The molecule has 1 rings (SSSR count). The van der Waals surface area contributed by atoms with Crippen molar-refractivity contribution in [2.75, 3.05) is 12.3 Å². The Hall–Kier alpha value is -1.59. The Kier molecular flexibility index (Phi) is 4.08. The molecule has 0 saturated carbocycles. The number of nitrogens with zero attached hydrogens (tertiary/aromatic N) is 3. The standard InChI is InChI=1S/C9H16N4O2/c1-3-5-7(9(14)15-4-2)13-6-8(10)11-12-13/h6-7H,3-5,10H2,1-2H3. The van der Waals surface area contributed by atoms with E-state index >= 15 is 0 Å². The molecule has 15 heavy (non-hydrogen) atoms. The Morgan fingerprint density at radius 1 is 1.67 bits per heavy atom. The highest BCUT2D eigenvalue weighted by molar-refractivity contribution is 5.74. The largest absolute Gasteiger partial charge is 0.464 e. The molecule has 6 heteroatoms. The second-order valence-corrected chi connectivity index (χ2v) is 3.18. The molecule has 0 fully saturated rings. The number of hydrogen-bond donors (Lipinski definition) is 1. The van der Waals surface area contributed by atoms with Crippen molar-refractivity contribution in [2.24, 2.45) is 0 Å². The molecule has 0 amide bonds. The van der Waals surface area contributed by atoms with Crippen molar-refractivity contribution in [2.45, 2.75) is 32.7 Å². The molecule has 1 aromatic heterocycles. The Balaban J connectivity index is 2.77. The lowest BCUT2D eigenvalue weighted by atomic mass is 10.2. The average molecular weight is 212 g/mol. The number of hydrogen-bond acceptors (Lipinski definition) is 5. The van der Waals surface area contributed by atoms with E-state index in [1.165, 1.54) is 10.9 Å². The summed E-state index contributed by atoms with van der Waals surface area (Å²) in [5, 5.41) is 7.42. The molecule has 1 heterocycles. The van der Waals surface area contributed by atoms with E-state index in [0.29, 0.717) is 18.8 Å². The van der Waals surface area contributed by atoms with Gasteiger partial charge in [0.2, 0.25) is 0 Å². The molecular weight excluding hydrogens is 196 g/mol. The van der Waals surface area contributed by atoms with Gasteiger partial charge in [-0.3, -0.25) is 0 Å². The maximum Gasteiger partial charge on any atom is 0.330 e. The number of esters is 1. The van der Waals surface area contributed by atoms with E-state index in [0.717, 1.165) is 6.42 Å². The summed E-state index contributed by atoms with van der Waals surface area (Å²) in [4.78, 5) is 11.6. The van der Waals surface area contributed by atoms with Gasteiger partial charge in [0, 0.05) is 0 Å². The summed E-state index contributed by atoms with van der Waals surface area (Å²) in [6.07, 6.45) is 3.07. The number of carbonyl (C=O) groups excluding carboxylic acids is 1. The molecular formula is C9H16N4O2. The predicted octanol–water partition coefficient (Wildman–Crippen LogP) is 0.765. The minimum Gasteiger partial charge on any atom is -0.464 e. The van der Waals surface area contributed by atoms with E-state index in [9.17, 15) is 4.79 Å². The zero-order valence-electron chi connectivity index (χ0n) is 9.01. The van der Waals surface area contributed by atoms with E-state index in [2.05, 4.69) is 10.3 Å². The van der Waals surface area contributed by atoms with E-state index in [4.69, 9.17) is 10.5 Å². The minimum absolute atomic E-state index is 0.288. The summed E-state index contributed by atoms with van der Waals surface area (Å²) in [6, 6.07) is -0.417. The summed E-state index contributed by atoms with van der Waals surface area (Å²) in [5.41, 5.74) is 5.44. The molecule has 1 atom stereocenters. The first-order chi connectivity index (χ1) is 7.19. The maximum atomic E-state index is 11.6. The third kappa shape index (κ3) is 2.93. The van der Waals surface area contributed by atoms with Crippen LogP contribution in [0.5, 0.6) is 0 Å². The topological polar surface area (TPSA) is 83.0 Å². The summed E-state index contributed by atoms with van der Waals surface area (Å²) < 4.78 is 6.41. The molecule has 0 aliphatic rings. The molecule has 0 aliphatic carbocycles. The van der Waals surface area contributed by atoms with Crippen LogP contribution in [0.15, 0.2) is 6.20 Å². The fourth-order valence-electron chi connectivity index (χ4n) is 1.31. The number of aromatic nitrogens is 3. The number of anilines is 1. The van der Waals surface area contributed by atoms with Gasteiger partial charge in [0.05, 0.1) is 12.8 Å². The van der Waals surface area contributed by atoms with Crippen LogP contribution in [-0.2, 0) is 9.53 Å². The number of nitrogen functional groups attached to an aromatic ring is 1. The number of nitrogens with two attached hydrogens (primary N) is 1. The monoisotopic (exact) mass is 212 g/mol. The van der Waals surface area contributed by atoms with Gasteiger partial charge in [-0.1, -0.05) is 18.6 Å². The molecule has 0 spiro atoms. The van der Waals surface area contributed by atoms with Crippen LogP contribution >= 0.6 is 0 Å². The van der Waals surface area contributed by atoms with Gasteiger partial charge in [-0.05, 0) is 13.3 Å². The smallest absolute Gasteiger partial charge is 0.330 e. The molecule has 0 saturated heterocycles. The lowest BCUT2D eigenvalue weighted by molar-refractivity contribution is -0.147. The minimum atomic E-state index is -0.417. The SMILES string of the molecule is CCCC(C(=O)OCC)n1cc(N)nn1. The lowest BCUT2D eigenvalue weighted by Crippen LogP contribution is -2.22. The van der Waals surface area contributed by atoms with Crippen molar-refractivity contribution in [3.8, 4) is 0 Å². The van der Waals surface area contributed by atoms with Crippen molar-refractivity contribution in [1.29, 1.82) is 0 Å². The summed E-state index contributed by atoms with van der Waals surface area (Å²) >= 11 is 0. The average Bonchev–Trinajstić information content (AvgIpc) is 2.61. The van der Waals surface area contributed by atoms with Crippen LogP contribution in [-0.4, -0.2) is 27.6 Å². The Morgan fingerprint density at radius 2 is 2.40 bits per heavy atom. The van der Waals surface area contributed by atoms with Crippen molar-refractivity contribution in [3.63, 3.8) is 0 Å².